The first-order valence-electron chi connectivity index (χ1n) is 7.92. The first-order chi connectivity index (χ1) is 12.5. The Morgan fingerprint density at radius 1 is 1.19 bits per heavy atom. The smallest absolute Gasteiger partial charge is 0.304 e. The predicted octanol–water partition coefficient (Wildman–Crippen LogP) is 3.81. The van der Waals surface area contributed by atoms with Gasteiger partial charge in [0.15, 0.2) is 0 Å². The number of hydrogen-bond acceptors (Lipinski definition) is 4. The fraction of sp³-hybridized carbons (Fsp3) is 0.167. The highest BCUT2D eigenvalue weighted by Gasteiger charge is 2.12. The van der Waals surface area contributed by atoms with Crippen molar-refractivity contribution in [2.75, 3.05) is 6.54 Å². The van der Waals surface area contributed by atoms with Crippen LogP contribution in [-0.2, 0) is 11.3 Å². The summed E-state index contributed by atoms with van der Waals surface area (Å²) in [5, 5.41) is 17.4. The number of halogens is 2. The minimum Gasteiger partial charge on any atom is -0.481 e. The highest BCUT2D eigenvalue weighted by molar-refractivity contribution is 6.42. The predicted molar refractivity (Wildman–Crippen MR) is 101 cm³/mol. The topological polar surface area (TPSA) is 80.0 Å². The maximum absolute atomic E-state index is 10.7. The summed E-state index contributed by atoms with van der Waals surface area (Å²) in [6.07, 6.45) is 3.49. The first kappa shape index (κ1) is 18.4. The van der Waals surface area contributed by atoms with Gasteiger partial charge < -0.3 is 10.4 Å². The zero-order valence-electron chi connectivity index (χ0n) is 13.7. The quantitative estimate of drug-likeness (QED) is 0.599. The van der Waals surface area contributed by atoms with Crippen molar-refractivity contribution in [1.29, 1.82) is 0 Å². The minimum absolute atomic E-state index is 0.0520. The third kappa shape index (κ3) is 4.40. The van der Waals surface area contributed by atoms with Crippen LogP contribution >= 0.6 is 23.2 Å². The van der Waals surface area contributed by atoms with Crippen LogP contribution in [0.25, 0.3) is 16.9 Å². The van der Waals surface area contributed by atoms with Crippen LogP contribution in [0.3, 0.4) is 0 Å². The van der Waals surface area contributed by atoms with Crippen LogP contribution in [0.15, 0.2) is 48.8 Å². The van der Waals surface area contributed by atoms with Crippen LogP contribution in [0.2, 0.25) is 10.0 Å². The molecule has 8 heteroatoms. The highest BCUT2D eigenvalue weighted by Crippen LogP contribution is 2.26. The molecule has 2 heterocycles. The highest BCUT2D eigenvalue weighted by atomic mass is 35.5. The number of pyridine rings is 1. The molecule has 0 saturated heterocycles. The molecule has 1 aromatic carbocycles. The number of carbonyl (C=O) groups is 1. The molecule has 0 spiro atoms. The Bertz CT molecular complexity index is 913. The molecule has 0 aliphatic rings. The number of nitrogens with one attached hydrogen (secondary N) is 1. The molecule has 0 amide bonds. The molecule has 3 rings (SSSR count). The van der Waals surface area contributed by atoms with Gasteiger partial charge in [-0.25, -0.2) is 4.68 Å². The van der Waals surface area contributed by atoms with Crippen molar-refractivity contribution in [2.24, 2.45) is 0 Å². The van der Waals surface area contributed by atoms with Crippen LogP contribution < -0.4 is 5.32 Å². The van der Waals surface area contributed by atoms with E-state index in [2.05, 4.69) is 15.4 Å². The van der Waals surface area contributed by atoms with Crippen molar-refractivity contribution in [1.82, 2.24) is 20.1 Å². The van der Waals surface area contributed by atoms with E-state index in [0.29, 0.717) is 23.1 Å². The molecule has 3 aromatic rings. The summed E-state index contributed by atoms with van der Waals surface area (Å²) in [5.41, 5.74) is 3.29. The molecule has 0 fully saturated rings. The summed E-state index contributed by atoms with van der Waals surface area (Å²) < 4.78 is 1.76. The summed E-state index contributed by atoms with van der Waals surface area (Å²) in [6.45, 7) is 0.824. The molecule has 0 bridgehead atoms. The summed E-state index contributed by atoms with van der Waals surface area (Å²) >= 11 is 12.1. The molecule has 0 radical (unpaired) electrons. The van der Waals surface area contributed by atoms with E-state index in [1.807, 2.05) is 24.3 Å². The Morgan fingerprint density at radius 2 is 2.04 bits per heavy atom. The van der Waals surface area contributed by atoms with Gasteiger partial charge in [0.2, 0.25) is 0 Å². The van der Waals surface area contributed by atoms with Crippen molar-refractivity contribution in [3.63, 3.8) is 0 Å². The summed E-state index contributed by atoms with van der Waals surface area (Å²) in [4.78, 5) is 14.8. The number of carboxylic acid groups (broad SMARTS) is 1. The molecule has 0 unspecified atom stereocenters. The Morgan fingerprint density at radius 3 is 2.73 bits per heavy atom. The SMILES string of the molecule is O=C(O)CCNCc1cc(-c2cccnc2)nn1-c1ccc(Cl)c(Cl)c1. The monoisotopic (exact) mass is 390 g/mol. The van der Waals surface area contributed by atoms with Crippen molar-refractivity contribution >= 4 is 29.2 Å². The van der Waals surface area contributed by atoms with E-state index in [-0.39, 0.29) is 6.42 Å². The summed E-state index contributed by atoms with van der Waals surface area (Å²) in [7, 11) is 0. The normalized spacial score (nSPS) is 10.8. The van der Waals surface area contributed by atoms with Gasteiger partial charge in [0, 0.05) is 31.0 Å². The van der Waals surface area contributed by atoms with Crippen molar-refractivity contribution in [3.8, 4) is 16.9 Å². The van der Waals surface area contributed by atoms with Gasteiger partial charge in [0.25, 0.3) is 0 Å². The van der Waals surface area contributed by atoms with Gasteiger partial charge in [-0.15, -0.1) is 0 Å². The molecule has 0 atom stereocenters. The van der Waals surface area contributed by atoms with Crippen LogP contribution in [0.4, 0.5) is 0 Å². The second-order valence-corrected chi connectivity index (χ2v) is 6.41. The van der Waals surface area contributed by atoms with E-state index < -0.39 is 5.97 Å². The zero-order valence-corrected chi connectivity index (χ0v) is 15.2. The van der Waals surface area contributed by atoms with Gasteiger partial charge in [0.05, 0.1) is 33.5 Å². The molecule has 2 aromatic heterocycles. The summed E-state index contributed by atoms with van der Waals surface area (Å²) in [5.74, 6) is -0.841. The van der Waals surface area contributed by atoms with Crippen LogP contribution in [0, 0.1) is 0 Å². The van der Waals surface area contributed by atoms with Crippen molar-refractivity contribution < 1.29 is 9.90 Å². The average Bonchev–Trinajstić information content (AvgIpc) is 3.06. The number of carboxylic acids is 1. The third-order valence-corrected chi connectivity index (χ3v) is 4.45. The van der Waals surface area contributed by atoms with Gasteiger partial charge in [-0.1, -0.05) is 23.2 Å². The largest absolute Gasteiger partial charge is 0.481 e. The Balaban J connectivity index is 1.93. The Kier molecular flexibility index (Phi) is 5.88. The summed E-state index contributed by atoms with van der Waals surface area (Å²) in [6, 6.07) is 11.0. The molecule has 6 nitrogen and oxygen atoms in total. The molecular formula is C18H16Cl2N4O2. The van der Waals surface area contributed by atoms with E-state index in [1.54, 1.807) is 29.2 Å². The fourth-order valence-electron chi connectivity index (χ4n) is 2.45. The molecule has 0 aliphatic carbocycles. The second kappa shape index (κ2) is 8.31. The van der Waals surface area contributed by atoms with Gasteiger partial charge in [0.1, 0.15) is 0 Å². The number of aliphatic carboxylic acids is 1. The van der Waals surface area contributed by atoms with Gasteiger partial charge in [-0.05, 0) is 36.4 Å². The number of nitrogens with zero attached hydrogens (tertiary/aromatic N) is 3. The Labute approximate surface area is 160 Å². The van der Waals surface area contributed by atoms with Crippen molar-refractivity contribution in [2.45, 2.75) is 13.0 Å². The minimum atomic E-state index is -0.841. The van der Waals surface area contributed by atoms with Crippen LogP contribution in [0.5, 0.6) is 0 Å². The zero-order chi connectivity index (χ0) is 18.5. The molecule has 2 N–H and O–H groups in total. The lowest BCUT2D eigenvalue weighted by atomic mass is 10.2. The van der Waals surface area contributed by atoms with E-state index in [4.69, 9.17) is 28.3 Å². The lowest BCUT2D eigenvalue weighted by Gasteiger charge is -2.09. The number of benzene rings is 1. The van der Waals surface area contributed by atoms with E-state index in [9.17, 15) is 4.79 Å². The number of hydrogen-bond donors (Lipinski definition) is 2. The van der Waals surface area contributed by atoms with E-state index in [1.165, 1.54) is 0 Å². The van der Waals surface area contributed by atoms with Gasteiger partial charge in [-0.3, -0.25) is 9.78 Å². The molecule has 134 valence electrons. The maximum atomic E-state index is 10.7. The van der Waals surface area contributed by atoms with E-state index in [0.717, 1.165) is 22.6 Å². The molecule has 0 aliphatic heterocycles. The third-order valence-electron chi connectivity index (χ3n) is 3.71. The van der Waals surface area contributed by atoms with E-state index >= 15 is 0 Å². The lowest BCUT2D eigenvalue weighted by molar-refractivity contribution is -0.136. The number of aromatic nitrogens is 3. The van der Waals surface area contributed by atoms with Gasteiger partial charge >= 0.3 is 5.97 Å². The lowest BCUT2D eigenvalue weighted by Crippen LogP contribution is -2.19. The number of rotatable bonds is 7. The first-order valence-corrected chi connectivity index (χ1v) is 8.67. The average molecular weight is 391 g/mol. The van der Waals surface area contributed by atoms with Crippen LogP contribution in [0.1, 0.15) is 12.1 Å². The molecular weight excluding hydrogens is 375 g/mol. The second-order valence-electron chi connectivity index (χ2n) is 5.59. The standard InChI is InChI=1S/C18H16Cl2N4O2/c19-15-4-3-13(8-16(15)20)24-14(11-22-7-5-18(25)26)9-17(23-24)12-2-1-6-21-10-12/h1-4,6,8-10,22H,5,7,11H2,(H,25,26). The van der Waals surface area contributed by atoms with Crippen molar-refractivity contribution in [3.05, 3.63) is 64.5 Å². The van der Waals surface area contributed by atoms with Crippen LogP contribution in [-0.4, -0.2) is 32.4 Å². The van der Waals surface area contributed by atoms with Gasteiger partial charge in [-0.2, -0.15) is 5.10 Å². The fourth-order valence-corrected chi connectivity index (χ4v) is 2.75. The maximum Gasteiger partial charge on any atom is 0.304 e. The Hall–Kier alpha value is -2.41. The molecule has 0 saturated carbocycles. The molecule has 26 heavy (non-hydrogen) atoms.